The Kier molecular flexibility index (Phi) is 4.72. The van der Waals surface area contributed by atoms with Crippen molar-refractivity contribution in [3.05, 3.63) is 64.7 Å². The maximum absolute atomic E-state index is 9.53. The molecule has 25 heavy (non-hydrogen) atoms. The second kappa shape index (κ2) is 7.29. The van der Waals surface area contributed by atoms with E-state index in [1.807, 2.05) is 30.3 Å². The average Bonchev–Trinajstić information content (AvgIpc) is 2.81. The number of nitrogens with zero attached hydrogens (tertiary/aromatic N) is 2. The smallest absolute Gasteiger partial charge is 0.137 e. The lowest BCUT2D eigenvalue weighted by molar-refractivity contribution is 0.133. The summed E-state index contributed by atoms with van der Waals surface area (Å²) in [5.41, 5.74) is 4.46. The molecule has 1 saturated carbocycles. The largest absolute Gasteiger partial charge is 0.488 e. The number of benzene rings is 2. The molecule has 0 N–H and O–H groups in total. The van der Waals surface area contributed by atoms with Gasteiger partial charge in [-0.2, -0.15) is 5.26 Å². The Morgan fingerprint density at radius 2 is 1.76 bits per heavy atom. The van der Waals surface area contributed by atoms with E-state index in [1.54, 1.807) is 0 Å². The molecule has 1 aliphatic carbocycles. The van der Waals surface area contributed by atoms with E-state index in [1.165, 1.54) is 30.4 Å². The SMILES string of the molecule is N#Cc1cc2c(cc1OCc1ccccc1)CCN(C1CCC1)CC2. The molecule has 0 aromatic heterocycles. The fourth-order valence-corrected chi connectivity index (χ4v) is 3.83. The van der Waals surface area contributed by atoms with Gasteiger partial charge in [0, 0.05) is 19.1 Å². The van der Waals surface area contributed by atoms with Crippen molar-refractivity contribution in [1.82, 2.24) is 4.90 Å². The Hall–Kier alpha value is -2.31. The van der Waals surface area contributed by atoms with Gasteiger partial charge in [-0.25, -0.2) is 0 Å². The predicted octanol–water partition coefficient (Wildman–Crippen LogP) is 4.09. The minimum atomic E-state index is 0.502. The van der Waals surface area contributed by atoms with Crippen LogP contribution in [-0.4, -0.2) is 24.0 Å². The molecule has 2 aromatic rings. The van der Waals surface area contributed by atoms with Crippen molar-refractivity contribution >= 4 is 0 Å². The van der Waals surface area contributed by atoms with Gasteiger partial charge in [0.2, 0.25) is 0 Å². The number of fused-ring (bicyclic) bond motifs is 1. The van der Waals surface area contributed by atoms with Crippen LogP contribution in [-0.2, 0) is 19.4 Å². The molecule has 1 heterocycles. The van der Waals surface area contributed by atoms with Gasteiger partial charge < -0.3 is 4.74 Å². The topological polar surface area (TPSA) is 36.3 Å². The third kappa shape index (κ3) is 3.55. The Balaban J connectivity index is 1.51. The van der Waals surface area contributed by atoms with E-state index >= 15 is 0 Å². The maximum atomic E-state index is 9.53. The molecule has 0 bridgehead atoms. The van der Waals surface area contributed by atoms with E-state index in [-0.39, 0.29) is 0 Å². The summed E-state index contributed by atoms with van der Waals surface area (Å²) in [6.07, 6.45) is 6.18. The van der Waals surface area contributed by atoms with Crippen molar-refractivity contribution in [2.45, 2.75) is 44.8 Å². The normalized spacial score (nSPS) is 17.9. The predicted molar refractivity (Wildman–Crippen MR) is 98.6 cm³/mol. The second-order valence-electron chi connectivity index (χ2n) is 7.12. The summed E-state index contributed by atoms with van der Waals surface area (Å²) in [6.45, 7) is 2.75. The molecule has 0 atom stereocenters. The first-order chi connectivity index (χ1) is 12.3. The molecule has 128 valence electrons. The van der Waals surface area contributed by atoms with E-state index < -0.39 is 0 Å². The molecular formula is C22H24N2O. The number of nitriles is 1. The summed E-state index contributed by atoms with van der Waals surface area (Å²) >= 11 is 0. The van der Waals surface area contributed by atoms with E-state index in [0.717, 1.165) is 43.3 Å². The van der Waals surface area contributed by atoms with Gasteiger partial charge in [-0.3, -0.25) is 4.90 Å². The molecule has 0 spiro atoms. The van der Waals surface area contributed by atoms with E-state index in [9.17, 15) is 5.26 Å². The summed E-state index contributed by atoms with van der Waals surface area (Å²) in [5.74, 6) is 0.724. The van der Waals surface area contributed by atoms with Crippen LogP contribution in [0.5, 0.6) is 5.75 Å². The average molecular weight is 332 g/mol. The van der Waals surface area contributed by atoms with Gasteiger partial charge >= 0.3 is 0 Å². The van der Waals surface area contributed by atoms with E-state index in [2.05, 4.69) is 23.1 Å². The van der Waals surface area contributed by atoms with Crippen LogP contribution < -0.4 is 4.74 Å². The zero-order chi connectivity index (χ0) is 17.1. The van der Waals surface area contributed by atoms with Gasteiger partial charge in [0.25, 0.3) is 0 Å². The van der Waals surface area contributed by atoms with E-state index in [4.69, 9.17) is 4.74 Å². The summed E-state index contributed by atoms with van der Waals surface area (Å²) in [5, 5.41) is 9.53. The zero-order valence-corrected chi connectivity index (χ0v) is 14.6. The summed E-state index contributed by atoms with van der Waals surface area (Å²) < 4.78 is 5.99. The van der Waals surface area contributed by atoms with Crippen LogP contribution in [0.3, 0.4) is 0 Å². The van der Waals surface area contributed by atoms with Gasteiger partial charge in [-0.15, -0.1) is 0 Å². The minimum Gasteiger partial charge on any atom is -0.488 e. The molecule has 1 aliphatic heterocycles. The Morgan fingerprint density at radius 1 is 1.04 bits per heavy atom. The Morgan fingerprint density at radius 3 is 2.40 bits per heavy atom. The number of hydrogen-bond donors (Lipinski definition) is 0. The van der Waals surface area contributed by atoms with Crippen molar-refractivity contribution in [3.63, 3.8) is 0 Å². The van der Waals surface area contributed by atoms with Crippen LogP contribution in [0.1, 0.15) is 41.5 Å². The molecule has 0 saturated heterocycles. The minimum absolute atomic E-state index is 0.502. The molecule has 3 heteroatoms. The Labute approximate surface area is 149 Å². The lowest BCUT2D eigenvalue weighted by Gasteiger charge is -2.36. The summed E-state index contributed by atoms with van der Waals surface area (Å²) in [6, 6.07) is 17.4. The highest BCUT2D eigenvalue weighted by Gasteiger charge is 2.26. The first-order valence-corrected chi connectivity index (χ1v) is 9.30. The molecule has 2 aromatic carbocycles. The Bertz CT molecular complexity index is 775. The van der Waals surface area contributed by atoms with Gasteiger partial charge in [0.05, 0.1) is 5.56 Å². The number of rotatable bonds is 4. The lowest BCUT2D eigenvalue weighted by Crippen LogP contribution is -2.41. The molecule has 1 fully saturated rings. The first kappa shape index (κ1) is 16.2. The van der Waals surface area contributed by atoms with Crippen molar-refractivity contribution in [1.29, 1.82) is 5.26 Å². The quantitative estimate of drug-likeness (QED) is 0.846. The fraction of sp³-hybridized carbons (Fsp3) is 0.409. The summed E-state index contributed by atoms with van der Waals surface area (Å²) in [7, 11) is 0. The van der Waals surface area contributed by atoms with Crippen LogP contribution in [0.4, 0.5) is 0 Å². The highest BCUT2D eigenvalue weighted by atomic mass is 16.5. The molecule has 2 aliphatic rings. The van der Waals surface area contributed by atoms with Crippen LogP contribution in [0, 0.1) is 11.3 Å². The fourth-order valence-electron chi connectivity index (χ4n) is 3.83. The highest BCUT2D eigenvalue weighted by molar-refractivity contribution is 5.49. The highest BCUT2D eigenvalue weighted by Crippen LogP contribution is 2.30. The maximum Gasteiger partial charge on any atom is 0.137 e. The third-order valence-corrected chi connectivity index (χ3v) is 5.59. The van der Waals surface area contributed by atoms with Crippen LogP contribution in [0.15, 0.2) is 42.5 Å². The molecule has 3 nitrogen and oxygen atoms in total. The molecule has 0 unspecified atom stereocenters. The number of hydrogen-bond acceptors (Lipinski definition) is 3. The summed E-state index contributed by atoms with van der Waals surface area (Å²) in [4.78, 5) is 2.64. The van der Waals surface area contributed by atoms with Gasteiger partial charge in [0.1, 0.15) is 18.4 Å². The molecule has 0 amide bonds. The van der Waals surface area contributed by atoms with Crippen LogP contribution >= 0.6 is 0 Å². The molecule has 0 radical (unpaired) electrons. The van der Waals surface area contributed by atoms with Crippen molar-refractivity contribution in [2.24, 2.45) is 0 Å². The zero-order valence-electron chi connectivity index (χ0n) is 14.6. The number of ether oxygens (including phenoxy) is 1. The lowest BCUT2D eigenvalue weighted by atomic mass is 9.91. The van der Waals surface area contributed by atoms with Crippen molar-refractivity contribution < 1.29 is 4.74 Å². The van der Waals surface area contributed by atoms with E-state index in [0.29, 0.717) is 12.2 Å². The monoisotopic (exact) mass is 332 g/mol. The van der Waals surface area contributed by atoms with Crippen molar-refractivity contribution in [2.75, 3.05) is 13.1 Å². The van der Waals surface area contributed by atoms with Crippen LogP contribution in [0.2, 0.25) is 0 Å². The van der Waals surface area contributed by atoms with Crippen molar-refractivity contribution in [3.8, 4) is 11.8 Å². The third-order valence-electron chi connectivity index (χ3n) is 5.59. The second-order valence-corrected chi connectivity index (χ2v) is 7.12. The first-order valence-electron chi connectivity index (χ1n) is 9.30. The molecule has 4 rings (SSSR count). The standard InChI is InChI=1S/C22H24N2O/c23-15-20-13-18-9-11-24(21-7-4-8-21)12-10-19(18)14-22(20)25-16-17-5-2-1-3-6-17/h1-3,5-6,13-14,21H,4,7-12,16H2. The van der Waals surface area contributed by atoms with Gasteiger partial charge in [-0.1, -0.05) is 36.8 Å². The molecular weight excluding hydrogens is 308 g/mol. The van der Waals surface area contributed by atoms with Crippen LogP contribution in [0.25, 0.3) is 0 Å². The van der Waals surface area contributed by atoms with Gasteiger partial charge in [0.15, 0.2) is 0 Å². The van der Waals surface area contributed by atoms with Gasteiger partial charge in [-0.05, 0) is 54.5 Å².